The van der Waals surface area contributed by atoms with E-state index in [9.17, 15) is 0 Å². The molecule has 0 heterocycles. The molecule has 0 spiro atoms. The third-order valence-electron chi connectivity index (χ3n) is 2.99. The Bertz CT molecular complexity index is 441. The lowest BCUT2D eigenvalue weighted by Gasteiger charge is -2.16. The molecule has 0 bridgehead atoms. The highest BCUT2D eigenvalue weighted by Crippen LogP contribution is 2.38. The predicted octanol–water partition coefficient (Wildman–Crippen LogP) is 3.00. The number of nitrogens with one attached hydrogen (secondary N) is 1. The number of methoxy groups -OCH3 is 2. The molecule has 1 aromatic carbocycles. The number of hydrogen-bond acceptors (Lipinski definition) is 4. The van der Waals surface area contributed by atoms with Crippen LogP contribution in [0.2, 0.25) is 0 Å². The van der Waals surface area contributed by atoms with Gasteiger partial charge in [-0.1, -0.05) is 6.92 Å². The molecule has 4 heteroatoms. The van der Waals surface area contributed by atoms with Crippen molar-refractivity contribution in [1.82, 2.24) is 5.32 Å². The minimum absolute atomic E-state index is 0.546. The summed E-state index contributed by atoms with van der Waals surface area (Å²) in [4.78, 5) is 0. The Balaban J connectivity index is 2.83. The van der Waals surface area contributed by atoms with Crippen molar-refractivity contribution in [2.45, 2.75) is 32.7 Å². The molecule has 0 fully saturated rings. The summed E-state index contributed by atoms with van der Waals surface area (Å²) >= 11 is 0. The van der Waals surface area contributed by atoms with Crippen molar-refractivity contribution in [2.75, 3.05) is 27.4 Å². The fraction of sp³-hybridized carbons (Fsp3) is 0.529. The Morgan fingerprint density at radius 1 is 1.19 bits per heavy atom. The molecular weight excluding hydrogens is 266 g/mol. The zero-order chi connectivity index (χ0) is 15.5. The van der Waals surface area contributed by atoms with Crippen LogP contribution in [0, 0.1) is 12.3 Å². The van der Waals surface area contributed by atoms with Crippen LogP contribution in [0.25, 0.3) is 0 Å². The Labute approximate surface area is 127 Å². The summed E-state index contributed by atoms with van der Waals surface area (Å²) in [5.41, 5.74) is 1.10. The first-order chi connectivity index (χ1) is 10.3. The van der Waals surface area contributed by atoms with Gasteiger partial charge in [-0.15, -0.1) is 12.3 Å². The van der Waals surface area contributed by atoms with Crippen LogP contribution in [0.4, 0.5) is 0 Å². The molecule has 0 radical (unpaired) electrons. The molecule has 0 saturated carbocycles. The summed E-state index contributed by atoms with van der Waals surface area (Å²) in [6.45, 7) is 4.44. The SMILES string of the molecule is C#CCCCOc1c(OC)cc(CNCCC)cc1OC. The number of ether oxygens (including phenoxy) is 3. The van der Waals surface area contributed by atoms with Crippen LogP contribution in [-0.4, -0.2) is 27.4 Å². The zero-order valence-corrected chi connectivity index (χ0v) is 13.2. The summed E-state index contributed by atoms with van der Waals surface area (Å²) in [5, 5.41) is 3.36. The summed E-state index contributed by atoms with van der Waals surface area (Å²) in [5.74, 6) is 4.60. The molecule has 1 N–H and O–H groups in total. The van der Waals surface area contributed by atoms with E-state index in [0.29, 0.717) is 30.3 Å². The summed E-state index contributed by atoms with van der Waals surface area (Å²) < 4.78 is 16.6. The fourth-order valence-corrected chi connectivity index (χ4v) is 1.94. The van der Waals surface area contributed by atoms with Gasteiger partial charge in [0.1, 0.15) is 0 Å². The van der Waals surface area contributed by atoms with Gasteiger partial charge in [0.25, 0.3) is 0 Å². The van der Waals surface area contributed by atoms with E-state index < -0.39 is 0 Å². The molecule has 0 aliphatic heterocycles. The largest absolute Gasteiger partial charge is 0.493 e. The second-order valence-corrected chi connectivity index (χ2v) is 4.66. The van der Waals surface area contributed by atoms with Crippen LogP contribution in [0.3, 0.4) is 0 Å². The van der Waals surface area contributed by atoms with Gasteiger partial charge in [-0.25, -0.2) is 0 Å². The Morgan fingerprint density at radius 3 is 2.38 bits per heavy atom. The summed E-state index contributed by atoms with van der Waals surface area (Å²) in [6, 6.07) is 3.95. The van der Waals surface area contributed by atoms with Crippen molar-refractivity contribution in [3.05, 3.63) is 17.7 Å². The minimum atomic E-state index is 0.546. The average molecular weight is 291 g/mol. The van der Waals surface area contributed by atoms with Crippen LogP contribution < -0.4 is 19.5 Å². The molecule has 4 nitrogen and oxygen atoms in total. The Hall–Kier alpha value is -1.86. The first-order valence-corrected chi connectivity index (χ1v) is 7.28. The van der Waals surface area contributed by atoms with E-state index in [1.165, 1.54) is 0 Å². The molecule has 0 aliphatic rings. The molecule has 0 aliphatic carbocycles. The van der Waals surface area contributed by atoms with Gasteiger partial charge in [-0.05, 0) is 37.1 Å². The second-order valence-electron chi connectivity index (χ2n) is 4.66. The molecule has 0 amide bonds. The maximum Gasteiger partial charge on any atom is 0.203 e. The average Bonchev–Trinajstić information content (AvgIpc) is 2.51. The van der Waals surface area contributed by atoms with Gasteiger partial charge in [-0.3, -0.25) is 0 Å². The molecule has 1 rings (SSSR count). The number of unbranched alkanes of at least 4 members (excludes halogenated alkanes) is 1. The van der Waals surface area contributed by atoms with Gasteiger partial charge >= 0.3 is 0 Å². The molecule has 116 valence electrons. The highest BCUT2D eigenvalue weighted by molar-refractivity contribution is 5.53. The van der Waals surface area contributed by atoms with Gasteiger partial charge < -0.3 is 19.5 Å². The van der Waals surface area contributed by atoms with Gasteiger partial charge in [0.15, 0.2) is 11.5 Å². The quantitative estimate of drug-likeness (QED) is 0.531. The van der Waals surface area contributed by atoms with E-state index in [1.807, 2.05) is 12.1 Å². The van der Waals surface area contributed by atoms with Crippen molar-refractivity contribution in [2.24, 2.45) is 0 Å². The summed E-state index contributed by atoms with van der Waals surface area (Å²) in [7, 11) is 3.26. The number of terminal acetylenes is 1. The van der Waals surface area contributed by atoms with E-state index in [2.05, 4.69) is 18.2 Å². The highest BCUT2D eigenvalue weighted by Gasteiger charge is 2.14. The fourth-order valence-electron chi connectivity index (χ4n) is 1.94. The van der Waals surface area contributed by atoms with Crippen molar-refractivity contribution < 1.29 is 14.2 Å². The van der Waals surface area contributed by atoms with Crippen LogP contribution >= 0.6 is 0 Å². The molecule has 0 unspecified atom stereocenters. The topological polar surface area (TPSA) is 39.7 Å². The molecule has 21 heavy (non-hydrogen) atoms. The molecule has 0 atom stereocenters. The van der Waals surface area contributed by atoms with Crippen LogP contribution in [-0.2, 0) is 6.54 Å². The Kier molecular flexibility index (Phi) is 8.15. The highest BCUT2D eigenvalue weighted by atomic mass is 16.5. The minimum Gasteiger partial charge on any atom is -0.493 e. The lowest BCUT2D eigenvalue weighted by Crippen LogP contribution is -2.14. The normalized spacial score (nSPS) is 10.0. The van der Waals surface area contributed by atoms with E-state index in [0.717, 1.165) is 31.5 Å². The van der Waals surface area contributed by atoms with E-state index in [1.54, 1.807) is 14.2 Å². The van der Waals surface area contributed by atoms with Gasteiger partial charge in [-0.2, -0.15) is 0 Å². The number of hydrogen-bond donors (Lipinski definition) is 1. The molecule has 0 aromatic heterocycles. The maximum absolute atomic E-state index is 5.77. The van der Waals surface area contributed by atoms with Gasteiger partial charge in [0.05, 0.1) is 20.8 Å². The van der Waals surface area contributed by atoms with Crippen molar-refractivity contribution in [3.8, 4) is 29.6 Å². The van der Waals surface area contributed by atoms with Gasteiger partial charge in [0, 0.05) is 13.0 Å². The number of benzene rings is 1. The first kappa shape index (κ1) is 17.2. The zero-order valence-electron chi connectivity index (χ0n) is 13.2. The molecular formula is C17H25NO3. The maximum atomic E-state index is 5.77. The smallest absolute Gasteiger partial charge is 0.203 e. The Morgan fingerprint density at radius 2 is 1.86 bits per heavy atom. The first-order valence-electron chi connectivity index (χ1n) is 7.28. The van der Waals surface area contributed by atoms with Gasteiger partial charge in [0.2, 0.25) is 5.75 Å². The number of rotatable bonds is 10. The van der Waals surface area contributed by atoms with Crippen molar-refractivity contribution in [3.63, 3.8) is 0 Å². The van der Waals surface area contributed by atoms with Crippen molar-refractivity contribution >= 4 is 0 Å². The van der Waals surface area contributed by atoms with E-state index in [4.69, 9.17) is 20.6 Å². The third kappa shape index (κ3) is 5.57. The third-order valence-corrected chi connectivity index (χ3v) is 2.99. The van der Waals surface area contributed by atoms with Crippen LogP contribution in [0.5, 0.6) is 17.2 Å². The van der Waals surface area contributed by atoms with E-state index >= 15 is 0 Å². The second kappa shape index (κ2) is 9.95. The standard InChI is InChI=1S/C17H25NO3/c1-5-7-8-10-21-17-15(19-3)11-14(12-16(17)20-4)13-18-9-6-2/h1,11-12,18H,6-10,13H2,2-4H3. The monoisotopic (exact) mass is 291 g/mol. The van der Waals surface area contributed by atoms with Crippen LogP contribution in [0.1, 0.15) is 31.7 Å². The molecule has 1 aromatic rings. The molecule has 0 saturated heterocycles. The lowest BCUT2D eigenvalue weighted by molar-refractivity contribution is 0.271. The van der Waals surface area contributed by atoms with E-state index in [-0.39, 0.29) is 0 Å². The van der Waals surface area contributed by atoms with Crippen molar-refractivity contribution in [1.29, 1.82) is 0 Å². The summed E-state index contributed by atoms with van der Waals surface area (Å²) in [6.07, 6.45) is 7.84. The lowest BCUT2D eigenvalue weighted by atomic mass is 10.1. The van der Waals surface area contributed by atoms with Crippen LogP contribution in [0.15, 0.2) is 12.1 Å². The predicted molar refractivity (Wildman–Crippen MR) is 85.1 cm³/mol.